The number of likely N-dealkylation sites (tertiary alicyclic amines) is 1. The summed E-state index contributed by atoms with van der Waals surface area (Å²) in [5, 5.41) is 6.23. The van der Waals surface area contributed by atoms with Gasteiger partial charge in [-0.25, -0.2) is 8.78 Å². The highest BCUT2D eigenvalue weighted by atomic mass is 19.1. The quantitative estimate of drug-likeness (QED) is 0.308. The summed E-state index contributed by atoms with van der Waals surface area (Å²) in [6.07, 6.45) is 5.48. The van der Waals surface area contributed by atoms with Crippen molar-refractivity contribution in [3.8, 4) is 0 Å². The number of rotatable bonds is 7. The summed E-state index contributed by atoms with van der Waals surface area (Å²) in [6, 6.07) is 3.43. The van der Waals surface area contributed by atoms with E-state index in [4.69, 9.17) is 0 Å². The number of fused-ring (bicyclic) bond motifs is 5. The first kappa shape index (κ1) is 20.5. The minimum absolute atomic E-state index is 0.0567. The molecule has 1 aromatic carbocycles. The molecule has 6 nitrogen and oxygen atoms in total. The maximum absolute atomic E-state index is 13.3. The molecule has 160 valence electrons. The van der Waals surface area contributed by atoms with Crippen molar-refractivity contribution < 1.29 is 18.4 Å². The number of halogens is 2. The van der Waals surface area contributed by atoms with Crippen molar-refractivity contribution >= 4 is 17.8 Å². The number of allylic oxidation sites excluding steroid dienone is 2. The monoisotopic (exact) mass is 416 g/mol. The molecule has 8 heteroatoms. The maximum Gasteiger partial charge on any atom is 0.233 e. The third kappa shape index (κ3) is 3.95. The number of benzene rings is 1. The Balaban J connectivity index is 1.29. The fourth-order valence-corrected chi connectivity index (χ4v) is 4.86. The van der Waals surface area contributed by atoms with Gasteiger partial charge in [-0.05, 0) is 49.3 Å². The molecule has 2 fully saturated rings. The molecule has 1 heterocycles. The van der Waals surface area contributed by atoms with Crippen LogP contribution >= 0.6 is 0 Å². The molecule has 4 atom stereocenters. The SMILES string of the molecule is CCNC(=NCCc1cc(F)cc(F)c1)NCCN1C(=O)C2C3C=CC(C3)C2C1=O. The second kappa shape index (κ2) is 8.53. The number of aliphatic imine (C=N–C) groups is 1. The standard InChI is InChI=1S/C22H26F2N4O2/c1-2-25-22(26-6-5-13-9-16(23)12-17(24)10-13)27-7-8-28-20(29)18-14-3-4-15(11-14)19(18)21(28)30/h3-4,9-10,12,14-15,18-19H,2,5-8,11H2,1H3,(H2,25,26,27). The summed E-state index contributed by atoms with van der Waals surface area (Å²) in [5.41, 5.74) is 0.537. The van der Waals surface area contributed by atoms with E-state index in [1.165, 1.54) is 17.0 Å². The Morgan fingerprint density at radius 3 is 2.30 bits per heavy atom. The molecule has 4 rings (SSSR count). The van der Waals surface area contributed by atoms with E-state index in [0.717, 1.165) is 12.5 Å². The van der Waals surface area contributed by atoms with Crippen LogP contribution in [-0.4, -0.2) is 48.9 Å². The normalized spacial score (nSPS) is 27.2. The molecule has 2 amide bonds. The van der Waals surface area contributed by atoms with E-state index in [2.05, 4.69) is 27.8 Å². The third-order valence-electron chi connectivity index (χ3n) is 6.13. The van der Waals surface area contributed by atoms with Crippen molar-refractivity contribution in [3.05, 3.63) is 47.5 Å². The number of nitrogens with zero attached hydrogens (tertiary/aromatic N) is 2. The highest BCUT2D eigenvalue weighted by Crippen LogP contribution is 2.52. The van der Waals surface area contributed by atoms with Gasteiger partial charge < -0.3 is 10.6 Å². The van der Waals surface area contributed by atoms with E-state index < -0.39 is 11.6 Å². The zero-order valence-corrected chi connectivity index (χ0v) is 16.9. The van der Waals surface area contributed by atoms with Crippen molar-refractivity contribution in [1.82, 2.24) is 15.5 Å². The second-order valence-electron chi connectivity index (χ2n) is 8.04. The lowest BCUT2D eigenvalue weighted by Crippen LogP contribution is -2.43. The fraction of sp³-hybridized carbons (Fsp3) is 0.500. The molecule has 30 heavy (non-hydrogen) atoms. The molecule has 1 aliphatic heterocycles. The number of hydrogen-bond acceptors (Lipinski definition) is 3. The summed E-state index contributed by atoms with van der Waals surface area (Å²) >= 11 is 0. The van der Waals surface area contributed by atoms with Crippen LogP contribution in [0.1, 0.15) is 18.9 Å². The van der Waals surface area contributed by atoms with Gasteiger partial charge in [0, 0.05) is 32.2 Å². The molecule has 0 spiro atoms. The Labute approximate surface area is 174 Å². The van der Waals surface area contributed by atoms with Gasteiger partial charge in [0.15, 0.2) is 5.96 Å². The summed E-state index contributed by atoms with van der Waals surface area (Å²) in [6.45, 7) is 3.60. The average molecular weight is 416 g/mol. The lowest BCUT2D eigenvalue weighted by molar-refractivity contribution is -0.140. The zero-order chi connectivity index (χ0) is 21.3. The van der Waals surface area contributed by atoms with Crippen molar-refractivity contribution in [1.29, 1.82) is 0 Å². The van der Waals surface area contributed by atoms with Crippen molar-refractivity contribution in [3.63, 3.8) is 0 Å². The van der Waals surface area contributed by atoms with Gasteiger partial charge in [-0.2, -0.15) is 0 Å². The number of imide groups is 1. The van der Waals surface area contributed by atoms with Crippen molar-refractivity contribution in [2.45, 2.75) is 19.8 Å². The molecule has 4 unspecified atom stereocenters. The Bertz CT molecular complexity index is 851. The van der Waals surface area contributed by atoms with Crippen LogP contribution in [0.2, 0.25) is 0 Å². The van der Waals surface area contributed by atoms with Gasteiger partial charge in [0.2, 0.25) is 11.8 Å². The lowest BCUT2D eigenvalue weighted by Gasteiger charge is -2.18. The number of carbonyl (C=O) groups is 2. The summed E-state index contributed by atoms with van der Waals surface area (Å²) in [7, 11) is 0. The van der Waals surface area contributed by atoms with Gasteiger partial charge in [-0.1, -0.05) is 12.2 Å². The maximum atomic E-state index is 13.3. The predicted octanol–water partition coefficient (Wildman–Crippen LogP) is 1.87. The highest BCUT2D eigenvalue weighted by Gasteiger charge is 2.58. The van der Waals surface area contributed by atoms with Gasteiger partial charge in [0.05, 0.1) is 11.8 Å². The topological polar surface area (TPSA) is 73.8 Å². The first-order chi connectivity index (χ1) is 14.5. The van der Waals surface area contributed by atoms with Crippen molar-refractivity contribution in [2.75, 3.05) is 26.2 Å². The lowest BCUT2D eigenvalue weighted by atomic mass is 9.85. The highest BCUT2D eigenvalue weighted by molar-refractivity contribution is 6.06. The second-order valence-corrected chi connectivity index (χ2v) is 8.04. The molecule has 0 radical (unpaired) electrons. The first-order valence-electron chi connectivity index (χ1n) is 10.5. The Morgan fingerprint density at radius 1 is 1.07 bits per heavy atom. The van der Waals surface area contributed by atoms with Crippen LogP contribution in [0, 0.1) is 35.3 Å². The van der Waals surface area contributed by atoms with E-state index in [9.17, 15) is 18.4 Å². The van der Waals surface area contributed by atoms with Crippen LogP contribution in [0.4, 0.5) is 8.78 Å². The molecule has 2 N–H and O–H groups in total. The minimum atomic E-state index is -0.604. The van der Waals surface area contributed by atoms with E-state index in [0.29, 0.717) is 44.1 Å². The zero-order valence-electron chi connectivity index (χ0n) is 16.9. The van der Waals surface area contributed by atoms with Crippen molar-refractivity contribution in [2.24, 2.45) is 28.7 Å². The van der Waals surface area contributed by atoms with Gasteiger partial charge in [-0.3, -0.25) is 19.5 Å². The van der Waals surface area contributed by atoms with Gasteiger partial charge in [0.25, 0.3) is 0 Å². The van der Waals surface area contributed by atoms with Crippen LogP contribution in [0.25, 0.3) is 0 Å². The Kier molecular flexibility index (Phi) is 5.83. The molecule has 1 saturated heterocycles. The van der Waals surface area contributed by atoms with Crippen LogP contribution in [-0.2, 0) is 16.0 Å². The molecule has 1 aromatic rings. The van der Waals surface area contributed by atoms with Crippen LogP contribution in [0.3, 0.4) is 0 Å². The Hall–Kier alpha value is -2.77. The van der Waals surface area contributed by atoms with E-state index >= 15 is 0 Å². The summed E-state index contributed by atoms with van der Waals surface area (Å²) < 4.78 is 26.6. The number of guanidine groups is 1. The largest absolute Gasteiger partial charge is 0.357 e. The summed E-state index contributed by atoms with van der Waals surface area (Å²) in [5.74, 6) is -0.725. The number of nitrogens with one attached hydrogen (secondary N) is 2. The van der Waals surface area contributed by atoms with E-state index in [1.54, 1.807) is 0 Å². The smallest absolute Gasteiger partial charge is 0.233 e. The van der Waals surface area contributed by atoms with Gasteiger partial charge >= 0.3 is 0 Å². The molecule has 0 aromatic heterocycles. The number of carbonyl (C=O) groups excluding carboxylic acids is 2. The molecule has 1 saturated carbocycles. The van der Waals surface area contributed by atoms with E-state index in [-0.39, 0.29) is 35.5 Å². The summed E-state index contributed by atoms with van der Waals surface area (Å²) in [4.78, 5) is 31.2. The molecule has 3 aliphatic rings. The molecular formula is C22H26F2N4O2. The van der Waals surface area contributed by atoms with Crippen LogP contribution < -0.4 is 10.6 Å². The fourth-order valence-electron chi connectivity index (χ4n) is 4.86. The van der Waals surface area contributed by atoms with E-state index in [1.807, 2.05) is 6.92 Å². The molecular weight excluding hydrogens is 390 g/mol. The minimum Gasteiger partial charge on any atom is -0.357 e. The van der Waals surface area contributed by atoms with Gasteiger partial charge in [0.1, 0.15) is 11.6 Å². The number of amides is 2. The predicted molar refractivity (Wildman–Crippen MR) is 108 cm³/mol. The van der Waals surface area contributed by atoms with Crippen LogP contribution in [0.15, 0.2) is 35.3 Å². The van der Waals surface area contributed by atoms with Crippen LogP contribution in [0.5, 0.6) is 0 Å². The number of hydrogen-bond donors (Lipinski definition) is 2. The Morgan fingerprint density at radius 2 is 1.70 bits per heavy atom. The van der Waals surface area contributed by atoms with Gasteiger partial charge in [-0.15, -0.1) is 0 Å². The third-order valence-corrected chi connectivity index (χ3v) is 6.13. The average Bonchev–Trinajstić information content (AvgIpc) is 3.37. The first-order valence-corrected chi connectivity index (χ1v) is 10.5. The molecule has 2 bridgehead atoms. The molecule has 2 aliphatic carbocycles.